The fraction of sp³-hybridized carbons (Fsp3) is 0.231. The molecule has 1 aliphatic rings. The summed E-state index contributed by atoms with van der Waals surface area (Å²) in [5.74, 6) is 0.989. The summed E-state index contributed by atoms with van der Waals surface area (Å²) >= 11 is 0. The van der Waals surface area contributed by atoms with Crippen LogP contribution in [0.2, 0.25) is 0 Å². The van der Waals surface area contributed by atoms with Crippen molar-refractivity contribution in [2.24, 2.45) is 4.99 Å². The summed E-state index contributed by atoms with van der Waals surface area (Å²) in [6, 6.07) is 10.1. The first-order chi connectivity index (χ1) is 8.25. The van der Waals surface area contributed by atoms with Gasteiger partial charge in [-0.05, 0) is 12.1 Å². The molecule has 1 saturated heterocycles. The van der Waals surface area contributed by atoms with Gasteiger partial charge < -0.3 is 9.80 Å². The molecule has 3 rings (SSSR count). The maximum absolute atomic E-state index is 4.66. The first-order valence-corrected chi connectivity index (χ1v) is 5.60. The second-order valence-electron chi connectivity index (χ2n) is 4.30. The van der Waals surface area contributed by atoms with Crippen LogP contribution in [0.25, 0.3) is 10.9 Å². The molecule has 1 aromatic carbocycles. The largest absolute Gasteiger partial charge is 0.328 e. The number of aromatic nitrogens is 1. The number of aliphatic imine (C=N–C) groups is 1. The predicted molar refractivity (Wildman–Crippen MR) is 69.2 cm³/mol. The van der Waals surface area contributed by atoms with Gasteiger partial charge in [0.2, 0.25) is 5.96 Å². The number of guanidine groups is 1. The maximum Gasteiger partial charge on any atom is 0.204 e. The molecule has 1 aliphatic heterocycles. The lowest BCUT2D eigenvalue weighted by atomic mass is 10.2. The van der Waals surface area contributed by atoms with E-state index in [4.69, 9.17) is 0 Å². The summed E-state index contributed by atoms with van der Waals surface area (Å²) in [5.41, 5.74) is 1.88. The van der Waals surface area contributed by atoms with Crippen LogP contribution in [-0.4, -0.2) is 41.5 Å². The number of pyridine rings is 1. The fourth-order valence-electron chi connectivity index (χ4n) is 2.11. The zero-order valence-electron chi connectivity index (χ0n) is 9.96. The molecule has 0 spiro atoms. The summed E-state index contributed by atoms with van der Waals surface area (Å²) in [4.78, 5) is 13.3. The van der Waals surface area contributed by atoms with Gasteiger partial charge in [-0.3, -0.25) is 4.98 Å². The molecular weight excluding hydrogens is 212 g/mol. The number of nitrogens with zero attached hydrogens (tertiary/aromatic N) is 4. The van der Waals surface area contributed by atoms with Gasteiger partial charge in [0.1, 0.15) is 0 Å². The molecule has 0 aliphatic carbocycles. The van der Waals surface area contributed by atoms with Gasteiger partial charge in [-0.1, -0.05) is 18.2 Å². The van der Waals surface area contributed by atoms with Crippen LogP contribution in [0.5, 0.6) is 0 Å². The van der Waals surface area contributed by atoms with Crippen molar-refractivity contribution in [1.29, 1.82) is 0 Å². The summed E-state index contributed by atoms with van der Waals surface area (Å²) in [6.07, 6.45) is 1.81. The zero-order chi connectivity index (χ0) is 11.8. The molecule has 4 nitrogen and oxygen atoms in total. The third-order valence-electron chi connectivity index (χ3n) is 2.94. The highest BCUT2D eigenvalue weighted by atomic mass is 15.5. The summed E-state index contributed by atoms with van der Waals surface area (Å²) in [6.45, 7) is 0.928. The molecule has 0 bridgehead atoms. The number of fused-ring (bicyclic) bond motifs is 1. The first-order valence-electron chi connectivity index (χ1n) is 5.60. The van der Waals surface area contributed by atoms with E-state index in [0.29, 0.717) is 0 Å². The minimum absolute atomic E-state index is 0.927. The molecule has 4 heteroatoms. The number of rotatable bonds is 1. The average molecular weight is 226 g/mol. The predicted octanol–water partition coefficient (Wildman–Crippen LogP) is 2.06. The molecule has 0 atom stereocenters. The highest BCUT2D eigenvalue weighted by Crippen LogP contribution is 2.25. The second-order valence-corrected chi connectivity index (χ2v) is 4.30. The molecule has 0 radical (unpaired) electrons. The molecule has 0 amide bonds. The Hall–Kier alpha value is -2.10. The standard InChI is InChI=1S/C13H14N4/c1-16-9-17(2)13(16)15-11-7-3-5-10-6-4-8-14-12(10)11/h3-8H,9H2,1-2H3. The first kappa shape index (κ1) is 10.1. The van der Waals surface area contributed by atoms with E-state index in [1.54, 1.807) is 6.20 Å². The van der Waals surface area contributed by atoms with Crippen molar-refractivity contribution in [3.63, 3.8) is 0 Å². The Labute approximate surface area is 100 Å². The van der Waals surface area contributed by atoms with E-state index in [9.17, 15) is 0 Å². The highest BCUT2D eigenvalue weighted by molar-refractivity contribution is 5.94. The molecule has 2 aromatic rings. The van der Waals surface area contributed by atoms with Gasteiger partial charge in [0.05, 0.1) is 17.9 Å². The highest BCUT2D eigenvalue weighted by Gasteiger charge is 2.23. The van der Waals surface area contributed by atoms with Gasteiger partial charge in [-0.15, -0.1) is 0 Å². The van der Waals surface area contributed by atoms with Crippen LogP contribution in [0, 0.1) is 0 Å². The molecule has 1 fully saturated rings. The Morgan fingerprint density at radius 2 is 1.88 bits per heavy atom. The van der Waals surface area contributed by atoms with Gasteiger partial charge in [-0.25, -0.2) is 4.99 Å². The minimum Gasteiger partial charge on any atom is -0.328 e. The van der Waals surface area contributed by atoms with Crippen LogP contribution >= 0.6 is 0 Å². The van der Waals surface area contributed by atoms with Gasteiger partial charge in [0, 0.05) is 25.7 Å². The third-order valence-corrected chi connectivity index (χ3v) is 2.94. The van der Waals surface area contributed by atoms with Crippen LogP contribution in [0.1, 0.15) is 0 Å². The molecule has 86 valence electrons. The number of para-hydroxylation sites is 1. The second kappa shape index (κ2) is 3.73. The van der Waals surface area contributed by atoms with Crippen molar-refractivity contribution < 1.29 is 0 Å². The smallest absolute Gasteiger partial charge is 0.204 e. The van der Waals surface area contributed by atoms with Gasteiger partial charge in [-0.2, -0.15) is 0 Å². The van der Waals surface area contributed by atoms with E-state index in [0.717, 1.165) is 29.2 Å². The van der Waals surface area contributed by atoms with Crippen molar-refractivity contribution in [3.05, 3.63) is 36.5 Å². The van der Waals surface area contributed by atoms with E-state index in [2.05, 4.69) is 31.9 Å². The van der Waals surface area contributed by atoms with Crippen molar-refractivity contribution in [2.75, 3.05) is 20.8 Å². The summed E-state index contributed by atoms with van der Waals surface area (Å²) in [7, 11) is 4.08. The monoisotopic (exact) mass is 226 g/mol. The van der Waals surface area contributed by atoms with Crippen molar-refractivity contribution in [2.45, 2.75) is 0 Å². The third kappa shape index (κ3) is 1.62. The number of hydrogen-bond donors (Lipinski definition) is 0. The lowest BCUT2D eigenvalue weighted by molar-refractivity contribution is 0.217. The molecule has 0 N–H and O–H groups in total. The van der Waals surface area contributed by atoms with Gasteiger partial charge >= 0.3 is 0 Å². The average Bonchev–Trinajstić information content (AvgIpc) is 2.36. The van der Waals surface area contributed by atoms with Crippen molar-refractivity contribution in [3.8, 4) is 0 Å². The van der Waals surface area contributed by atoms with E-state index < -0.39 is 0 Å². The van der Waals surface area contributed by atoms with Crippen LogP contribution in [0.4, 0.5) is 5.69 Å². The minimum atomic E-state index is 0.927. The Morgan fingerprint density at radius 1 is 1.12 bits per heavy atom. The normalized spacial score (nSPS) is 15.1. The lowest BCUT2D eigenvalue weighted by Crippen LogP contribution is -2.56. The number of benzene rings is 1. The van der Waals surface area contributed by atoms with Gasteiger partial charge in [0.25, 0.3) is 0 Å². The Morgan fingerprint density at radius 3 is 2.65 bits per heavy atom. The molecule has 0 unspecified atom stereocenters. The van der Waals surface area contributed by atoms with E-state index >= 15 is 0 Å². The van der Waals surface area contributed by atoms with E-state index in [-0.39, 0.29) is 0 Å². The molecule has 0 saturated carbocycles. The van der Waals surface area contributed by atoms with Crippen LogP contribution in [0.15, 0.2) is 41.5 Å². The molecular formula is C13H14N4. The quantitative estimate of drug-likeness (QED) is 0.746. The van der Waals surface area contributed by atoms with Crippen LogP contribution in [-0.2, 0) is 0 Å². The van der Waals surface area contributed by atoms with E-state index in [1.807, 2.05) is 32.3 Å². The Balaban J connectivity index is 2.12. The zero-order valence-corrected chi connectivity index (χ0v) is 9.96. The molecule has 2 heterocycles. The van der Waals surface area contributed by atoms with Crippen molar-refractivity contribution in [1.82, 2.24) is 14.8 Å². The lowest BCUT2D eigenvalue weighted by Gasteiger charge is -2.41. The van der Waals surface area contributed by atoms with E-state index in [1.165, 1.54) is 0 Å². The van der Waals surface area contributed by atoms with Crippen LogP contribution < -0.4 is 0 Å². The Bertz CT molecular complexity index is 575. The topological polar surface area (TPSA) is 31.7 Å². The fourth-order valence-corrected chi connectivity index (χ4v) is 2.11. The summed E-state index contributed by atoms with van der Waals surface area (Å²) in [5, 5.41) is 1.12. The Kier molecular flexibility index (Phi) is 2.21. The van der Waals surface area contributed by atoms with Crippen molar-refractivity contribution >= 4 is 22.5 Å². The van der Waals surface area contributed by atoms with Gasteiger partial charge in [0.15, 0.2) is 0 Å². The molecule has 1 aromatic heterocycles. The number of hydrogen-bond acceptors (Lipinski definition) is 2. The molecule has 17 heavy (non-hydrogen) atoms. The SMILES string of the molecule is CN1CN(C)C1=Nc1cccc2cccnc12. The summed E-state index contributed by atoms with van der Waals surface area (Å²) < 4.78 is 0. The maximum atomic E-state index is 4.66. The van der Waals surface area contributed by atoms with Crippen LogP contribution in [0.3, 0.4) is 0 Å².